The average molecular weight is 1740 g/mol. The highest BCUT2D eigenvalue weighted by molar-refractivity contribution is 6.12. The van der Waals surface area contributed by atoms with Gasteiger partial charge in [-0.15, -0.1) is 0 Å². The fraction of sp³-hybridized carbons (Fsp3) is 0.0233. The molecule has 24 rings (SSSR count). The molecule has 7 nitrogen and oxygen atoms in total. The second-order valence-electron chi connectivity index (χ2n) is 35.7. The van der Waals surface area contributed by atoms with Gasteiger partial charge in [-0.05, 0) is 327 Å². The van der Waals surface area contributed by atoms with Crippen molar-refractivity contribution in [3.63, 3.8) is 0 Å². The van der Waals surface area contributed by atoms with Crippen LogP contribution in [-0.4, -0.2) is 9.13 Å². The fourth-order valence-corrected chi connectivity index (χ4v) is 20.6. The molecule has 0 atom stereocenters. The van der Waals surface area contributed by atoms with Crippen molar-refractivity contribution in [1.82, 2.24) is 9.13 Å². The molecule has 0 unspecified atom stereocenters. The van der Waals surface area contributed by atoms with E-state index in [-0.39, 0.29) is 5.41 Å². The van der Waals surface area contributed by atoms with E-state index in [1.54, 1.807) is 0 Å². The Balaban J connectivity index is 0.501. The number of rotatable bonds is 22. The van der Waals surface area contributed by atoms with Crippen molar-refractivity contribution in [3.05, 3.63) is 539 Å². The van der Waals surface area contributed by atoms with Gasteiger partial charge in [0.15, 0.2) is 0 Å². The van der Waals surface area contributed by atoms with Crippen LogP contribution in [0.2, 0.25) is 0 Å². The first-order chi connectivity index (χ1) is 67.2. The number of hydrogen-bond donors (Lipinski definition) is 0. The summed E-state index contributed by atoms with van der Waals surface area (Å²) in [6.45, 7) is 4.76. The number of benzene rings is 21. The molecule has 2 heterocycles. The van der Waals surface area contributed by atoms with Gasteiger partial charge in [0, 0.05) is 124 Å². The van der Waals surface area contributed by atoms with E-state index in [4.69, 9.17) is 0 Å². The van der Waals surface area contributed by atoms with Crippen LogP contribution < -0.4 is 24.5 Å². The number of hydrogen-bond acceptors (Lipinski definition) is 5. The van der Waals surface area contributed by atoms with Crippen LogP contribution in [0.4, 0.5) is 85.3 Å². The molecule has 0 radical (unpaired) electrons. The molecular formula is C129H93N7. The third-order valence-corrected chi connectivity index (χ3v) is 27.3. The standard InChI is InChI=1S/C129H93N7/c1-129(2)123-83-60-97(86-120(123)117-82-81-116(89-124(117)129)134(104-36-18-7-19-37-104)113-69-52-93(53-70-113)91-48-65-108(66-49-91)131(102-32-14-5-15-33-102)109-73-56-95(57-74-109)98-61-84-127-121(87-98)118-42-24-26-44-125(118)135(127)105-38-20-8-21-39-105)94-54-71-110(72-55-94)132(103-34-16-6-17-35-103)114-77-79-115(80-78-114)133(111-67-50-92(51-68-111)90-46-63-107(64-47-90)130(100-28-10-3-11-29-100)101-30-12-4-13-31-101)112-75-58-96(59-76-112)99-62-85-128-122(88-99)119-43-25-27-45-126(119)136(128)106-40-22-9-23-41-106/h3-89H,1-2H3. The zero-order chi connectivity index (χ0) is 90.6. The topological polar surface area (TPSA) is 26.1 Å². The van der Waals surface area contributed by atoms with Crippen molar-refractivity contribution in [1.29, 1.82) is 0 Å². The minimum Gasteiger partial charge on any atom is -0.311 e. The van der Waals surface area contributed by atoms with E-state index in [0.717, 1.165) is 136 Å². The Bertz CT molecular complexity index is 8220. The Morgan fingerprint density at radius 3 is 0.662 bits per heavy atom. The maximum Gasteiger partial charge on any atom is 0.0541 e. The molecule has 644 valence electrons. The molecule has 1 aliphatic carbocycles. The van der Waals surface area contributed by atoms with Crippen LogP contribution in [0.25, 0.3) is 122 Å². The predicted octanol–water partition coefficient (Wildman–Crippen LogP) is 35.9. The first-order valence-corrected chi connectivity index (χ1v) is 46.7. The summed E-state index contributed by atoms with van der Waals surface area (Å²) in [5, 5.41) is 4.94. The highest BCUT2D eigenvalue weighted by Gasteiger charge is 2.37. The third kappa shape index (κ3) is 15.0. The van der Waals surface area contributed by atoms with Crippen LogP contribution >= 0.6 is 0 Å². The van der Waals surface area contributed by atoms with Gasteiger partial charge in [0.1, 0.15) is 0 Å². The summed E-state index contributed by atoms with van der Waals surface area (Å²) in [4.78, 5) is 11.8. The molecule has 0 saturated heterocycles. The van der Waals surface area contributed by atoms with Crippen molar-refractivity contribution in [2.24, 2.45) is 0 Å². The van der Waals surface area contributed by atoms with Crippen molar-refractivity contribution in [2.75, 3.05) is 24.5 Å². The molecule has 136 heavy (non-hydrogen) atoms. The van der Waals surface area contributed by atoms with Crippen molar-refractivity contribution in [2.45, 2.75) is 19.3 Å². The van der Waals surface area contributed by atoms with E-state index in [1.165, 1.54) is 82.6 Å². The second-order valence-corrected chi connectivity index (χ2v) is 35.7. The summed E-state index contributed by atoms with van der Waals surface area (Å²) in [5.41, 5.74) is 39.6. The molecule has 1 aliphatic rings. The predicted molar refractivity (Wildman–Crippen MR) is 573 cm³/mol. The van der Waals surface area contributed by atoms with Gasteiger partial charge in [0.2, 0.25) is 0 Å². The Kier molecular flexibility index (Phi) is 20.9. The lowest BCUT2D eigenvalue weighted by molar-refractivity contribution is 0.660. The van der Waals surface area contributed by atoms with E-state index in [1.807, 2.05) is 0 Å². The summed E-state index contributed by atoms with van der Waals surface area (Å²) in [6.07, 6.45) is 0. The molecule has 0 N–H and O–H groups in total. The third-order valence-electron chi connectivity index (χ3n) is 27.3. The summed E-state index contributed by atoms with van der Waals surface area (Å²) < 4.78 is 4.75. The summed E-state index contributed by atoms with van der Waals surface area (Å²) in [7, 11) is 0. The molecule has 7 heteroatoms. The Morgan fingerprint density at radius 1 is 0.147 bits per heavy atom. The van der Waals surface area contributed by atoms with Gasteiger partial charge in [-0.3, -0.25) is 0 Å². The van der Waals surface area contributed by atoms with Gasteiger partial charge in [-0.25, -0.2) is 0 Å². The normalized spacial score (nSPS) is 12.0. The van der Waals surface area contributed by atoms with Gasteiger partial charge < -0.3 is 33.6 Å². The van der Waals surface area contributed by atoms with Crippen LogP contribution in [0.3, 0.4) is 0 Å². The summed E-state index contributed by atoms with van der Waals surface area (Å²) in [5.74, 6) is 0. The van der Waals surface area contributed by atoms with E-state index in [2.05, 4.69) is 575 Å². The van der Waals surface area contributed by atoms with E-state index >= 15 is 0 Å². The van der Waals surface area contributed by atoms with Gasteiger partial charge in [-0.2, -0.15) is 0 Å². The highest BCUT2D eigenvalue weighted by Crippen LogP contribution is 2.53. The number of anilines is 15. The lowest BCUT2D eigenvalue weighted by Crippen LogP contribution is -2.16. The average Bonchev–Trinajstić information content (AvgIpc) is 1.57. The molecule has 0 fully saturated rings. The SMILES string of the molecule is CC1(C)c2ccc(-c3ccc(N(c4ccccc4)c4ccc(N(c5ccc(-c6ccc(N(c7ccccc7)c7ccccc7)cc6)cc5)c5ccc(-c6ccc7c(c6)c6ccccc6n7-c6ccccc6)cc5)cc4)cc3)cc2-c2ccc(N(c3ccccc3)c3ccc(-c4ccc(N(c5ccccc5)c5ccc(-c6ccc7c(c6)c6ccccc6n7-c6ccccc6)cc5)cc4)cc3)cc21. The summed E-state index contributed by atoms with van der Waals surface area (Å²) in [6, 6.07) is 192. The zero-order valence-electron chi connectivity index (χ0n) is 75.4. The van der Waals surface area contributed by atoms with E-state index in [9.17, 15) is 0 Å². The van der Waals surface area contributed by atoms with E-state index < -0.39 is 0 Å². The fourth-order valence-electron chi connectivity index (χ4n) is 20.6. The van der Waals surface area contributed by atoms with Crippen LogP contribution in [0.1, 0.15) is 25.0 Å². The van der Waals surface area contributed by atoms with Crippen molar-refractivity contribution in [3.8, 4) is 78.1 Å². The minimum absolute atomic E-state index is 0.268. The molecule has 0 spiro atoms. The molecule has 2 aromatic heterocycles. The molecular weight excluding hydrogens is 1650 g/mol. The largest absolute Gasteiger partial charge is 0.311 e. The zero-order valence-corrected chi connectivity index (χ0v) is 75.4. The van der Waals surface area contributed by atoms with Gasteiger partial charge in [0.25, 0.3) is 0 Å². The Labute approximate surface area is 793 Å². The first kappa shape index (κ1) is 81.5. The Morgan fingerprint density at radius 2 is 0.360 bits per heavy atom. The molecule has 0 bridgehead atoms. The smallest absolute Gasteiger partial charge is 0.0541 e. The van der Waals surface area contributed by atoms with Crippen LogP contribution in [0.15, 0.2) is 528 Å². The van der Waals surface area contributed by atoms with Crippen molar-refractivity contribution < 1.29 is 0 Å². The molecule has 0 saturated carbocycles. The number of nitrogens with zero attached hydrogens (tertiary/aromatic N) is 7. The molecule has 23 aromatic rings. The van der Waals surface area contributed by atoms with Crippen LogP contribution in [0, 0.1) is 0 Å². The first-order valence-electron chi connectivity index (χ1n) is 46.7. The number of para-hydroxylation sites is 9. The maximum atomic E-state index is 2.43. The van der Waals surface area contributed by atoms with Gasteiger partial charge >= 0.3 is 0 Å². The number of aromatic nitrogens is 2. The minimum atomic E-state index is -0.268. The molecule has 21 aromatic carbocycles. The second kappa shape index (κ2) is 34.8. The van der Waals surface area contributed by atoms with Crippen LogP contribution in [-0.2, 0) is 5.41 Å². The lowest BCUT2D eigenvalue weighted by atomic mass is 9.82. The maximum absolute atomic E-state index is 2.43. The molecule has 0 amide bonds. The van der Waals surface area contributed by atoms with Crippen molar-refractivity contribution >= 4 is 129 Å². The van der Waals surface area contributed by atoms with Gasteiger partial charge in [-0.1, -0.05) is 293 Å². The summed E-state index contributed by atoms with van der Waals surface area (Å²) >= 11 is 0. The monoisotopic (exact) mass is 1740 g/mol. The Hall–Kier alpha value is -17.8. The number of fused-ring (bicyclic) bond motifs is 9. The highest BCUT2D eigenvalue weighted by atomic mass is 15.2. The van der Waals surface area contributed by atoms with E-state index in [0.29, 0.717) is 0 Å². The molecule has 0 aliphatic heterocycles. The lowest BCUT2D eigenvalue weighted by Gasteiger charge is -2.28. The quantitative estimate of drug-likeness (QED) is 0.0674. The van der Waals surface area contributed by atoms with Crippen LogP contribution in [0.5, 0.6) is 0 Å². The van der Waals surface area contributed by atoms with Gasteiger partial charge in [0.05, 0.1) is 22.1 Å².